The van der Waals surface area contributed by atoms with Crippen LogP contribution in [0.3, 0.4) is 0 Å². The average molecular weight is 323 g/mol. The first-order chi connectivity index (χ1) is 11.7. The Labute approximate surface area is 141 Å². The molecular formula is C18H21N5O. The fourth-order valence-corrected chi connectivity index (χ4v) is 3.43. The molecular weight excluding hydrogens is 302 g/mol. The Bertz CT molecular complexity index is 711. The van der Waals surface area contributed by atoms with Gasteiger partial charge in [-0.25, -0.2) is 0 Å². The summed E-state index contributed by atoms with van der Waals surface area (Å²) in [6.07, 6.45) is 13.2. The zero-order chi connectivity index (χ0) is 16.9. The van der Waals surface area contributed by atoms with Crippen molar-refractivity contribution >= 4 is 5.91 Å². The molecule has 2 fully saturated rings. The summed E-state index contributed by atoms with van der Waals surface area (Å²) in [5, 5.41) is 16.1. The number of aromatic nitrogens is 2. The zero-order valence-corrected chi connectivity index (χ0v) is 13.6. The standard InChI is InChI=1S/C18H21N5O/c1-2-3-4-5-6-7-15-10-16(21-20-15)18(24)23-9-8-14-11-22(13-19)12-17(14)23/h2-6,10,14,17H,1,7-9,11-12H2,(H,20,21)/b4-3-,6-5-. The molecule has 0 radical (unpaired) electrons. The van der Waals surface area contributed by atoms with Crippen molar-refractivity contribution in [1.29, 1.82) is 5.26 Å². The third-order valence-corrected chi connectivity index (χ3v) is 4.63. The normalized spacial score (nSPS) is 23.1. The average Bonchev–Trinajstić information content (AvgIpc) is 3.29. The van der Waals surface area contributed by atoms with E-state index < -0.39 is 0 Å². The maximum absolute atomic E-state index is 12.7. The number of fused-ring (bicyclic) bond motifs is 1. The fourth-order valence-electron chi connectivity index (χ4n) is 3.43. The van der Waals surface area contributed by atoms with Crippen LogP contribution < -0.4 is 0 Å². The van der Waals surface area contributed by atoms with Gasteiger partial charge in [-0.15, -0.1) is 0 Å². The Balaban J connectivity index is 1.62. The largest absolute Gasteiger partial charge is 0.332 e. The van der Waals surface area contributed by atoms with Gasteiger partial charge in [-0.1, -0.05) is 37.0 Å². The molecule has 6 heteroatoms. The van der Waals surface area contributed by atoms with Crippen LogP contribution in [0.25, 0.3) is 0 Å². The number of H-pyrrole nitrogens is 1. The van der Waals surface area contributed by atoms with Crippen molar-refractivity contribution in [2.24, 2.45) is 5.92 Å². The zero-order valence-electron chi connectivity index (χ0n) is 13.6. The topological polar surface area (TPSA) is 76.0 Å². The highest BCUT2D eigenvalue weighted by Gasteiger charge is 2.43. The van der Waals surface area contributed by atoms with Crippen LogP contribution in [0.4, 0.5) is 0 Å². The predicted octanol–water partition coefficient (Wildman–Crippen LogP) is 1.88. The first-order valence-corrected chi connectivity index (χ1v) is 8.17. The summed E-state index contributed by atoms with van der Waals surface area (Å²) >= 11 is 0. The molecule has 2 aliphatic heterocycles. The van der Waals surface area contributed by atoms with Crippen molar-refractivity contribution in [3.8, 4) is 6.19 Å². The van der Waals surface area contributed by atoms with E-state index in [2.05, 4.69) is 23.0 Å². The van der Waals surface area contributed by atoms with E-state index in [1.807, 2.05) is 35.3 Å². The van der Waals surface area contributed by atoms with Gasteiger partial charge in [-0.05, 0) is 12.5 Å². The van der Waals surface area contributed by atoms with Gasteiger partial charge in [-0.2, -0.15) is 10.4 Å². The van der Waals surface area contributed by atoms with Gasteiger partial charge in [0.15, 0.2) is 6.19 Å². The molecule has 6 nitrogen and oxygen atoms in total. The Morgan fingerprint density at radius 3 is 3.12 bits per heavy atom. The second-order valence-electron chi connectivity index (χ2n) is 6.15. The molecule has 0 aliphatic carbocycles. The van der Waals surface area contributed by atoms with Crippen molar-refractivity contribution < 1.29 is 4.79 Å². The van der Waals surface area contributed by atoms with Gasteiger partial charge >= 0.3 is 0 Å². The number of amides is 1. The van der Waals surface area contributed by atoms with Gasteiger partial charge in [0, 0.05) is 37.7 Å². The van der Waals surface area contributed by atoms with Crippen molar-refractivity contribution in [3.05, 3.63) is 54.4 Å². The molecule has 1 aromatic rings. The van der Waals surface area contributed by atoms with Crippen molar-refractivity contribution in [1.82, 2.24) is 20.0 Å². The van der Waals surface area contributed by atoms with E-state index in [0.29, 0.717) is 24.6 Å². The first kappa shape index (κ1) is 16.1. The summed E-state index contributed by atoms with van der Waals surface area (Å²) in [6.45, 7) is 5.77. The lowest BCUT2D eigenvalue weighted by molar-refractivity contribution is 0.0725. The van der Waals surface area contributed by atoms with E-state index in [1.165, 1.54) is 0 Å². The number of aromatic amines is 1. The lowest BCUT2D eigenvalue weighted by atomic mass is 10.1. The monoisotopic (exact) mass is 323 g/mol. The number of rotatable bonds is 5. The Kier molecular flexibility index (Phi) is 4.80. The first-order valence-electron chi connectivity index (χ1n) is 8.17. The van der Waals surface area contributed by atoms with Crippen LogP contribution in [-0.2, 0) is 6.42 Å². The fraction of sp³-hybridized carbons (Fsp3) is 0.389. The van der Waals surface area contributed by atoms with E-state index in [-0.39, 0.29) is 11.9 Å². The molecule has 3 rings (SSSR count). The number of likely N-dealkylation sites (tertiary alicyclic amines) is 2. The molecule has 1 amide bonds. The quantitative estimate of drug-likeness (QED) is 0.663. The highest BCUT2D eigenvalue weighted by Crippen LogP contribution is 2.31. The summed E-state index contributed by atoms with van der Waals surface area (Å²) in [5.74, 6) is 0.368. The minimum atomic E-state index is -0.0414. The molecule has 3 heterocycles. The number of nitrogens with zero attached hydrogens (tertiary/aromatic N) is 4. The second kappa shape index (κ2) is 7.18. The molecule has 0 aromatic carbocycles. The number of hydrogen-bond acceptors (Lipinski definition) is 4. The smallest absolute Gasteiger partial charge is 0.274 e. The van der Waals surface area contributed by atoms with E-state index in [4.69, 9.17) is 5.26 Å². The highest BCUT2D eigenvalue weighted by atomic mass is 16.2. The van der Waals surface area contributed by atoms with Crippen LogP contribution in [0.2, 0.25) is 0 Å². The van der Waals surface area contributed by atoms with Gasteiger partial charge in [-0.3, -0.25) is 9.89 Å². The molecule has 0 spiro atoms. The number of allylic oxidation sites excluding steroid dienone is 5. The number of carbonyl (C=O) groups is 1. The SMILES string of the molecule is C=C/C=C\C=C/Cc1cc(C(=O)N2CCC3CN(C#N)CC32)n[nH]1. The number of nitriles is 1. The van der Waals surface area contributed by atoms with Gasteiger partial charge in [0.25, 0.3) is 5.91 Å². The minimum Gasteiger partial charge on any atom is -0.332 e. The highest BCUT2D eigenvalue weighted by molar-refractivity contribution is 5.93. The van der Waals surface area contributed by atoms with E-state index in [1.54, 1.807) is 11.0 Å². The summed E-state index contributed by atoms with van der Waals surface area (Å²) in [5.41, 5.74) is 1.36. The third-order valence-electron chi connectivity index (χ3n) is 4.63. The molecule has 2 aliphatic rings. The second-order valence-corrected chi connectivity index (χ2v) is 6.15. The molecule has 24 heavy (non-hydrogen) atoms. The lowest BCUT2D eigenvalue weighted by Crippen LogP contribution is -2.39. The van der Waals surface area contributed by atoms with E-state index >= 15 is 0 Å². The number of hydrogen-bond donors (Lipinski definition) is 1. The molecule has 124 valence electrons. The number of nitrogens with one attached hydrogen (secondary N) is 1. The van der Waals surface area contributed by atoms with Crippen LogP contribution >= 0.6 is 0 Å². The van der Waals surface area contributed by atoms with E-state index in [9.17, 15) is 4.79 Å². The molecule has 2 atom stereocenters. The summed E-state index contributed by atoms with van der Waals surface area (Å²) in [7, 11) is 0. The van der Waals surface area contributed by atoms with Crippen LogP contribution in [0, 0.1) is 17.4 Å². The Morgan fingerprint density at radius 2 is 2.33 bits per heavy atom. The van der Waals surface area contributed by atoms with Gasteiger partial charge in [0.2, 0.25) is 0 Å². The molecule has 2 saturated heterocycles. The van der Waals surface area contributed by atoms with Crippen LogP contribution in [-0.4, -0.2) is 51.6 Å². The summed E-state index contributed by atoms with van der Waals surface area (Å²) in [4.78, 5) is 16.3. The molecule has 0 saturated carbocycles. The molecule has 1 N–H and O–H groups in total. The minimum absolute atomic E-state index is 0.0414. The predicted molar refractivity (Wildman–Crippen MR) is 90.9 cm³/mol. The summed E-state index contributed by atoms with van der Waals surface area (Å²) in [6, 6.07) is 1.95. The Morgan fingerprint density at radius 1 is 1.46 bits per heavy atom. The third kappa shape index (κ3) is 3.25. The molecule has 1 aromatic heterocycles. The van der Waals surface area contributed by atoms with Gasteiger partial charge in [0.1, 0.15) is 5.69 Å². The van der Waals surface area contributed by atoms with E-state index in [0.717, 1.165) is 25.2 Å². The van der Waals surface area contributed by atoms with Gasteiger partial charge < -0.3 is 9.80 Å². The number of carbonyl (C=O) groups excluding carboxylic acids is 1. The maximum atomic E-state index is 12.7. The van der Waals surface area contributed by atoms with Crippen LogP contribution in [0.1, 0.15) is 22.6 Å². The van der Waals surface area contributed by atoms with Gasteiger partial charge in [0.05, 0.1) is 6.04 Å². The van der Waals surface area contributed by atoms with Crippen LogP contribution in [0.15, 0.2) is 43.0 Å². The maximum Gasteiger partial charge on any atom is 0.274 e. The molecule has 2 unspecified atom stereocenters. The van der Waals surface area contributed by atoms with Crippen molar-refractivity contribution in [3.63, 3.8) is 0 Å². The summed E-state index contributed by atoms with van der Waals surface area (Å²) < 4.78 is 0. The van der Waals surface area contributed by atoms with Crippen molar-refractivity contribution in [2.45, 2.75) is 18.9 Å². The van der Waals surface area contributed by atoms with Crippen molar-refractivity contribution in [2.75, 3.05) is 19.6 Å². The molecule has 0 bridgehead atoms. The lowest BCUT2D eigenvalue weighted by Gasteiger charge is -2.22. The van der Waals surface area contributed by atoms with Crippen LogP contribution in [0.5, 0.6) is 0 Å². The Hall–Kier alpha value is -2.81.